The van der Waals surface area contributed by atoms with Crippen LogP contribution in [0.25, 0.3) is 0 Å². The number of nitrogens with zero attached hydrogens (tertiary/aromatic N) is 1. The summed E-state index contributed by atoms with van der Waals surface area (Å²) in [5, 5.41) is 1.90. The number of sulfonamides is 1. The Labute approximate surface area is 128 Å². The molecule has 2 aromatic rings. The normalized spacial score (nSPS) is 10.9. The zero-order valence-corrected chi connectivity index (χ0v) is 12.9. The standard InChI is InChI=1S/C14H15N3O2S2/c15-7-2-4-12-3-1-5-14(9-12)21(18,19)17-8-6-13-10-20-11-16-13/h1,3,5,9-11,17H,6-8,15H2. The largest absolute Gasteiger partial charge is 0.320 e. The molecule has 7 heteroatoms. The third kappa shape index (κ3) is 4.65. The Morgan fingerprint density at radius 1 is 1.38 bits per heavy atom. The molecule has 5 nitrogen and oxygen atoms in total. The van der Waals surface area contributed by atoms with Crippen LogP contribution in [-0.2, 0) is 16.4 Å². The molecule has 0 saturated heterocycles. The van der Waals surface area contributed by atoms with Crippen molar-refractivity contribution in [3.05, 3.63) is 46.4 Å². The number of nitrogens with one attached hydrogen (secondary N) is 1. The first-order chi connectivity index (χ1) is 10.1. The van der Waals surface area contributed by atoms with Crippen molar-refractivity contribution in [2.45, 2.75) is 11.3 Å². The highest BCUT2D eigenvalue weighted by Crippen LogP contribution is 2.11. The molecule has 0 bridgehead atoms. The van der Waals surface area contributed by atoms with Gasteiger partial charge in [0.25, 0.3) is 0 Å². The number of hydrogen-bond acceptors (Lipinski definition) is 5. The fourth-order valence-corrected chi connectivity index (χ4v) is 3.32. The molecule has 1 heterocycles. The Bertz CT molecular complexity index is 744. The van der Waals surface area contributed by atoms with Gasteiger partial charge in [-0.2, -0.15) is 0 Å². The molecule has 0 aliphatic carbocycles. The maximum absolute atomic E-state index is 12.2. The van der Waals surface area contributed by atoms with Crippen LogP contribution in [-0.4, -0.2) is 26.5 Å². The van der Waals surface area contributed by atoms with Crippen LogP contribution >= 0.6 is 11.3 Å². The average Bonchev–Trinajstić information content (AvgIpc) is 2.98. The van der Waals surface area contributed by atoms with Crippen LogP contribution in [0.2, 0.25) is 0 Å². The number of aromatic nitrogens is 1. The Morgan fingerprint density at radius 2 is 2.24 bits per heavy atom. The molecule has 21 heavy (non-hydrogen) atoms. The van der Waals surface area contributed by atoms with Crippen molar-refractivity contribution in [3.63, 3.8) is 0 Å². The van der Waals surface area contributed by atoms with Crippen LogP contribution in [0.15, 0.2) is 40.1 Å². The molecule has 0 saturated carbocycles. The number of benzene rings is 1. The number of hydrogen-bond donors (Lipinski definition) is 2. The summed E-state index contributed by atoms with van der Waals surface area (Å²) in [5.41, 5.74) is 8.54. The van der Waals surface area contributed by atoms with Gasteiger partial charge in [-0.1, -0.05) is 17.9 Å². The minimum atomic E-state index is -3.53. The first-order valence-corrected chi connectivity index (χ1v) is 8.70. The summed E-state index contributed by atoms with van der Waals surface area (Å²) >= 11 is 1.49. The van der Waals surface area contributed by atoms with Gasteiger partial charge in [0.15, 0.2) is 0 Å². The second-order valence-corrected chi connectivity index (χ2v) is 6.65. The Hall–Kier alpha value is -1.72. The van der Waals surface area contributed by atoms with Crippen LogP contribution in [0.3, 0.4) is 0 Å². The molecule has 0 aliphatic rings. The van der Waals surface area contributed by atoms with Crippen molar-refractivity contribution in [2.75, 3.05) is 13.1 Å². The van der Waals surface area contributed by atoms with E-state index in [0.717, 1.165) is 5.69 Å². The third-order valence-electron chi connectivity index (χ3n) is 2.64. The first-order valence-electron chi connectivity index (χ1n) is 6.27. The fraction of sp³-hybridized carbons (Fsp3) is 0.214. The van der Waals surface area contributed by atoms with Crippen molar-refractivity contribution in [1.29, 1.82) is 0 Å². The summed E-state index contributed by atoms with van der Waals surface area (Å²) in [5.74, 6) is 5.52. The van der Waals surface area contributed by atoms with E-state index in [2.05, 4.69) is 21.5 Å². The summed E-state index contributed by atoms with van der Waals surface area (Å²) in [7, 11) is -3.53. The number of rotatable bonds is 5. The Kier molecular flexibility index (Phi) is 5.47. The molecule has 0 aliphatic heterocycles. The van der Waals surface area contributed by atoms with E-state index >= 15 is 0 Å². The maximum atomic E-state index is 12.2. The summed E-state index contributed by atoms with van der Waals surface area (Å²) in [6.07, 6.45) is 0.565. The minimum absolute atomic E-state index is 0.199. The van der Waals surface area contributed by atoms with Gasteiger partial charge < -0.3 is 5.73 Å². The molecular formula is C14H15N3O2S2. The van der Waals surface area contributed by atoms with Gasteiger partial charge in [-0.05, 0) is 18.2 Å². The van der Waals surface area contributed by atoms with Crippen LogP contribution in [0.1, 0.15) is 11.3 Å². The van der Waals surface area contributed by atoms with E-state index in [1.54, 1.807) is 23.7 Å². The molecule has 110 valence electrons. The average molecular weight is 321 g/mol. The molecule has 2 rings (SSSR count). The molecule has 3 N–H and O–H groups in total. The third-order valence-corrected chi connectivity index (χ3v) is 4.73. The van der Waals surface area contributed by atoms with E-state index in [9.17, 15) is 8.42 Å². The van der Waals surface area contributed by atoms with Gasteiger partial charge in [-0.15, -0.1) is 11.3 Å². The summed E-state index contributed by atoms with van der Waals surface area (Å²) in [4.78, 5) is 4.31. The van der Waals surface area contributed by atoms with Gasteiger partial charge in [0.1, 0.15) is 0 Å². The second-order valence-electron chi connectivity index (χ2n) is 4.16. The van der Waals surface area contributed by atoms with E-state index in [1.165, 1.54) is 17.4 Å². The monoisotopic (exact) mass is 321 g/mol. The summed E-state index contributed by atoms with van der Waals surface area (Å²) in [6, 6.07) is 6.49. The lowest BCUT2D eigenvalue weighted by molar-refractivity contribution is 0.581. The molecule has 0 spiro atoms. The highest BCUT2D eigenvalue weighted by atomic mass is 32.2. The quantitative estimate of drug-likeness (QED) is 0.804. The van der Waals surface area contributed by atoms with Gasteiger partial charge in [-0.25, -0.2) is 18.1 Å². The number of thiazole rings is 1. The van der Waals surface area contributed by atoms with Gasteiger partial charge in [0.2, 0.25) is 10.0 Å². The smallest absolute Gasteiger partial charge is 0.240 e. The maximum Gasteiger partial charge on any atom is 0.240 e. The highest BCUT2D eigenvalue weighted by molar-refractivity contribution is 7.89. The Balaban J connectivity index is 2.04. The van der Waals surface area contributed by atoms with E-state index in [1.807, 2.05) is 5.38 Å². The van der Waals surface area contributed by atoms with E-state index in [-0.39, 0.29) is 11.4 Å². The van der Waals surface area contributed by atoms with Crippen LogP contribution < -0.4 is 10.5 Å². The highest BCUT2D eigenvalue weighted by Gasteiger charge is 2.13. The molecule has 0 unspecified atom stereocenters. The lowest BCUT2D eigenvalue weighted by atomic mass is 10.2. The zero-order valence-electron chi connectivity index (χ0n) is 11.2. The lowest BCUT2D eigenvalue weighted by Crippen LogP contribution is -2.26. The predicted molar refractivity (Wildman–Crippen MR) is 83.4 cm³/mol. The van der Waals surface area contributed by atoms with E-state index < -0.39 is 10.0 Å². The van der Waals surface area contributed by atoms with Crippen LogP contribution in [0.5, 0.6) is 0 Å². The Morgan fingerprint density at radius 3 is 2.95 bits per heavy atom. The minimum Gasteiger partial charge on any atom is -0.320 e. The van der Waals surface area contributed by atoms with Crippen molar-refractivity contribution < 1.29 is 8.42 Å². The van der Waals surface area contributed by atoms with Crippen LogP contribution in [0.4, 0.5) is 0 Å². The van der Waals surface area contributed by atoms with Crippen molar-refractivity contribution in [3.8, 4) is 11.8 Å². The van der Waals surface area contributed by atoms with E-state index in [0.29, 0.717) is 18.5 Å². The SMILES string of the molecule is NCC#Cc1cccc(S(=O)(=O)NCCc2cscn2)c1. The van der Waals surface area contributed by atoms with Crippen molar-refractivity contribution in [2.24, 2.45) is 5.73 Å². The second kappa shape index (κ2) is 7.33. The van der Waals surface area contributed by atoms with Gasteiger partial charge in [0.05, 0.1) is 22.6 Å². The molecule has 0 fully saturated rings. The van der Waals surface area contributed by atoms with E-state index in [4.69, 9.17) is 5.73 Å². The molecule has 1 aromatic carbocycles. The zero-order chi connectivity index (χ0) is 15.1. The first kappa shape index (κ1) is 15.7. The summed E-state index contributed by atoms with van der Waals surface area (Å²) in [6.45, 7) is 0.549. The van der Waals surface area contributed by atoms with Crippen LogP contribution in [0, 0.1) is 11.8 Å². The molecular weight excluding hydrogens is 306 g/mol. The topological polar surface area (TPSA) is 85.1 Å². The van der Waals surface area contributed by atoms with Crippen molar-refractivity contribution in [1.82, 2.24) is 9.71 Å². The van der Waals surface area contributed by atoms with Gasteiger partial charge in [-0.3, -0.25) is 0 Å². The summed E-state index contributed by atoms with van der Waals surface area (Å²) < 4.78 is 26.9. The predicted octanol–water partition coefficient (Wildman–Crippen LogP) is 0.974. The molecule has 1 aromatic heterocycles. The lowest BCUT2D eigenvalue weighted by Gasteiger charge is -2.06. The fourth-order valence-electron chi connectivity index (χ4n) is 1.65. The molecule has 0 atom stereocenters. The van der Waals surface area contributed by atoms with Gasteiger partial charge in [0, 0.05) is 23.9 Å². The molecule has 0 radical (unpaired) electrons. The van der Waals surface area contributed by atoms with Crippen molar-refractivity contribution >= 4 is 21.4 Å². The molecule has 0 amide bonds. The number of nitrogens with two attached hydrogens (primary N) is 1. The van der Waals surface area contributed by atoms with Gasteiger partial charge >= 0.3 is 0 Å².